The van der Waals surface area contributed by atoms with Crippen molar-refractivity contribution in [2.75, 3.05) is 12.1 Å². The molecule has 1 aliphatic rings. The van der Waals surface area contributed by atoms with Crippen LogP contribution in [0.5, 0.6) is 11.5 Å². The molecule has 30 heavy (non-hydrogen) atoms. The van der Waals surface area contributed by atoms with Crippen molar-refractivity contribution in [3.8, 4) is 11.5 Å². The molecule has 3 aromatic rings. The van der Waals surface area contributed by atoms with Crippen LogP contribution in [0, 0.1) is 0 Å². The van der Waals surface area contributed by atoms with Crippen LogP contribution in [-0.2, 0) is 0 Å². The van der Waals surface area contributed by atoms with E-state index in [0.717, 1.165) is 5.56 Å². The lowest BCUT2D eigenvalue weighted by Gasteiger charge is -2.07. The minimum absolute atomic E-state index is 0.191. The second-order valence-electron chi connectivity index (χ2n) is 6.36. The Balaban J connectivity index is 1.39. The summed E-state index contributed by atoms with van der Waals surface area (Å²) in [4.78, 5) is 24.7. The van der Waals surface area contributed by atoms with Crippen LogP contribution in [0.25, 0.3) is 0 Å². The lowest BCUT2D eigenvalue weighted by Crippen LogP contribution is -2.18. The molecule has 150 valence electrons. The lowest BCUT2D eigenvalue weighted by molar-refractivity contribution is 0.0953. The monoisotopic (exact) mass is 421 g/mol. The molecule has 2 amide bonds. The highest BCUT2D eigenvalue weighted by Crippen LogP contribution is 2.31. The Labute approximate surface area is 177 Å². The highest BCUT2D eigenvalue weighted by Gasteiger charge is 2.13. The van der Waals surface area contributed by atoms with Gasteiger partial charge in [0.2, 0.25) is 6.79 Å². The van der Waals surface area contributed by atoms with Crippen LogP contribution in [0.4, 0.5) is 5.69 Å². The molecule has 0 aliphatic carbocycles. The summed E-state index contributed by atoms with van der Waals surface area (Å²) in [6, 6.07) is 18.5. The molecule has 0 bridgehead atoms. The molecule has 3 aromatic carbocycles. The molecule has 0 saturated carbocycles. The number of fused-ring (bicyclic) bond motifs is 1. The number of ether oxygens (including phenoxy) is 2. The first-order valence-corrected chi connectivity index (χ1v) is 9.36. The number of halogens is 1. The highest BCUT2D eigenvalue weighted by molar-refractivity contribution is 6.31. The summed E-state index contributed by atoms with van der Waals surface area (Å²) in [6.07, 6.45) is 1.50. The van der Waals surface area contributed by atoms with Gasteiger partial charge in [-0.1, -0.05) is 23.7 Å². The number of nitrogens with one attached hydrogen (secondary N) is 2. The summed E-state index contributed by atoms with van der Waals surface area (Å²) in [5, 5.41) is 7.18. The molecule has 0 spiro atoms. The summed E-state index contributed by atoms with van der Waals surface area (Å²) >= 11 is 5.92. The summed E-state index contributed by atoms with van der Waals surface area (Å²) in [5.74, 6) is 0.572. The van der Waals surface area contributed by atoms with Gasteiger partial charge < -0.3 is 14.8 Å². The third-order valence-corrected chi connectivity index (χ3v) is 4.48. The number of anilines is 1. The first-order valence-electron chi connectivity index (χ1n) is 8.98. The van der Waals surface area contributed by atoms with Gasteiger partial charge >= 0.3 is 0 Å². The van der Waals surface area contributed by atoms with Crippen molar-refractivity contribution in [1.29, 1.82) is 0 Å². The molecule has 0 saturated heterocycles. The van der Waals surface area contributed by atoms with E-state index in [1.54, 1.807) is 66.7 Å². The Morgan fingerprint density at radius 2 is 1.67 bits per heavy atom. The molecule has 7 nitrogen and oxygen atoms in total. The number of hydrogen-bond acceptors (Lipinski definition) is 5. The van der Waals surface area contributed by atoms with Gasteiger partial charge in [-0.05, 0) is 60.2 Å². The standard InChI is InChI=1S/C22H16ClN3O4/c23-17-5-1-3-15(10-17)21(27)25-18-6-2-4-16(11-18)22(28)26-24-12-14-7-8-19-20(9-14)30-13-29-19/h1-12H,13H2,(H,25,27)(H,26,28)/b24-12+. The fourth-order valence-electron chi connectivity index (χ4n) is 2.79. The molecule has 0 atom stereocenters. The Morgan fingerprint density at radius 1 is 0.900 bits per heavy atom. The normalized spacial score (nSPS) is 12.0. The van der Waals surface area contributed by atoms with Crippen molar-refractivity contribution in [3.63, 3.8) is 0 Å². The van der Waals surface area contributed by atoms with Gasteiger partial charge in [-0.25, -0.2) is 5.43 Å². The van der Waals surface area contributed by atoms with Crippen LogP contribution in [-0.4, -0.2) is 24.8 Å². The van der Waals surface area contributed by atoms with Gasteiger partial charge in [-0.3, -0.25) is 9.59 Å². The zero-order valence-electron chi connectivity index (χ0n) is 15.6. The largest absolute Gasteiger partial charge is 0.454 e. The third kappa shape index (κ3) is 4.59. The molecule has 0 unspecified atom stereocenters. The Bertz CT molecular complexity index is 1150. The van der Waals surface area contributed by atoms with Crippen molar-refractivity contribution >= 4 is 35.3 Å². The molecule has 1 aliphatic heterocycles. The van der Waals surface area contributed by atoms with E-state index in [1.807, 2.05) is 0 Å². The van der Waals surface area contributed by atoms with E-state index >= 15 is 0 Å². The predicted octanol–water partition coefficient (Wildman–Crippen LogP) is 4.08. The molecule has 0 aromatic heterocycles. The van der Waals surface area contributed by atoms with Crippen molar-refractivity contribution in [2.45, 2.75) is 0 Å². The van der Waals surface area contributed by atoms with Gasteiger partial charge in [-0.2, -0.15) is 5.10 Å². The Kier molecular flexibility index (Phi) is 5.63. The van der Waals surface area contributed by atoms with Crippen LogP contribution >= 0.6 is 11.6 Å². The Morgan fingerprint density at radius 3 is 2.50 bits per heavy atom. The summed E-state index contributed by atoms with van der Waals surface area (Å²) in [7, 11) is 0. The van der Waals surface area contributed by atoms with Crippen molar-refractivity contribution < 1.29 is 19.1 Å². The van der Waals surface area contributed by atoms with Crippen LogP contribution in [0.15, 0.2) is 71.8 Å². The van der Waals surface area contributed by atoms with E-state index in [9.17, 15) is 9.59 Å². The van der Waals surface area contributed by atoms with Crippen LogP contribution in [0.2, 0.25) is 5.02 Å². The maximum Gasteiger partial charge on any atom is 0.271 e. The second kappa shape index (κ2) is 8.67. The number of benzene rings is 3. The van der Waals surface area contributed by atoms with E-state index < -0.39 is 5.91 Å². The zero-order valence-corrected chi connectivity index (χ0v) is 16.3. The summed E-state index contributed by atoms with van der Waals surface area (Å²) < 4.78 is 10.6. The molecule has 8 heteroatoms. The number of carbonyl (C=O) groups excluding carboxylic acids is 2. The SMILES string of the molecule is O=C(N/N=C/c1ccc2c(c1)OCO2)c1cccc(NC(=O)c2cccc(Cl)c2)c1. The van der Waals surface area contributed by atoms with E-state index in [2.05, 4.69) is 15.8 Å². The van der Waals surface area contributed by atoms with Gasteiger partial charge in [0.05, 0.1) is 6.21 Å². The van der Waals surface area contributed by atoms with Gasteiger partial charge in [0.25, 0.3) is 11.8 Å². The van der Waals surface area contributed by atoms with Crippen molar-refractivity contribution in [3.05, 3.63) is 88.4 Å². The molecule has 1 heterocycles. The van der Waals surface area contributed by atoms with Gasteiger partial charge in [-0.15, -0.1) is 0 Å². The van der Waals surface area contributed by atoms with E-state index in [4.69, 9.17) is 21.1 Å². The number of rotatable bonds is 5. The Hall–Kier alpha value is -3.84. The van der Waals surface area contributed by atoms with E-state index in [-0.39, 0.29) is 12.7 Å². The smallest absolute Gasteiger partial charge is 0.271 e. The predicted molar refractivity (Wildman–Crippen MR) is 113 cm³/mol. The van der Waals surface area contributed by atoms with Crippen molar-refractivity contribution in [2.24, 2.45) is 5.10 Å². The fourth-order valence-corrected chi connectivity index (χ4v) is 2.98. The van der Waals surface area contributed by atoms with E-state index in [0.29, 0.717) is 33.3 Å². The minimum Gasteiger partial charge on any atom is -0.454 e. The molecule has 4 rings (SSSR count). The maximum atomic E-state index is 12.4. The average molecular weight is 422 g/mol. The fraction of sp³-hybridized carbons (Fsp3) is 0.0455. The van der Waals surface area contributed by atoms with Crippen LogP contribution in [0.3, 0.4) is 0 Å². The molecule has 2 N–H and O–H groups in total. The first-order chi connectivity index (χ1) is 14.6. The summed E-state index contributed by atoms with van der Waals surface area (Å²) in [5.41, 5.74) is 4.46. The average Bonchev–Trinajstić information content (AvgIpc) is 3.22. The minimum atomic E-state index is -0.411. The zero-order chi connectivity index (χ0) is 20.9. The summed E-state index contributed by atoms with van der Waals surface area (Å²) in [6.45, 7) is 0.191. The van der Waals surface area contributed by atoms with Crippen LogP contribution in [0.1, 0.15) is 26.3 Å². The quantitative estimate of drug-likeness (QED) is 0.479. The first kappa shape index (κ1) is 19.5. The number of hydrogen-bond donors (Lipinski definition) is 2. The van der Waals surface area contributed by atoms with Gasteiger partial charge in [0.1, 0.15) is 0 Å². The number of carbonyl (C=O) groups is 2. The molecular weight excluding hydrogens is 406 g/mol. The van der Waals surface area contributed by atoms with Gasteiger partial charge in [0.15, 0.2) is 11.5 Å². The number of nitrogens with zero attached hydrogens (tertiary/aromatic N) is 1. The van der Waals surface area contributed by atoms with Gasteiger partial charge in [0, 0.05) is 21.8 Å². The molecular formula is C22H16ClN3O4. The van der Waals surface area contributed by atoms with E-state index in [1.165, 1.54) is 6.21 Å². The maximum absolute atomic E-state index is 12.4. The second-order valence-corrected chi connectivity index (χ2v) is 6.79. The third-order valence-electron chi connectivity index (χ3n) is 4.25. The highest BCUT2D eigenvalue weighted by atomic mass is 35.5. The molecule has 0 radical (unpaired) electrons. The van der Waals surface area contributed by atoms with Crippen LogP contribution < -0.4 is 20.2 Å². The topological polar surface area (TPSA) is 89.0 Å². The molecule has 0 fully saturated rings. The number of amides is 2. The lowest BCUT2D eigenvalue weighted by atomic mass is 10.1. The number of hydrazone groups is 1. The van der Waals surface area contributed by atoms with Crippen molar-refractivity contribution in [1.82, 2.24) is 5.43 Å².